The van der Waals surface area contributed by atoms with E-state index in [1.165, 1.54) is 16.7 Å². The predicted molar refractivity (Wildman–Crippen MR) is 215 cm³/mol. The van der Waals surface area contributed by atoms with Crippen molar-refractivity contribution < 1.29 is 38.7 Å². The molecule has 1 aliphatic carbocycles. The van der Waals surface area contributed by atoms with E-state index in [1.54, 1.807) is 36.1 Å². The molecule has 1 spiro atoms. The van der Waals surface area contributed by atoms with Crippen molar-refractivity contribution in [3.05, 3.63) is 64.7 Å². The number of ketones is 1. The van der Waals surface area contributed by atoms with Crippen LogP contribution in [-0.4, -0.2) is 123 Å². The quantitative estimate of drug-likeness (QED) is 0.216. The average Bonchev–Trinajstić information content (AvgIpc) is 3.46. The third kappa shape index (κ3) is 9.47. The third-order valence-corrected chi connectivity index (χ3v) is 12.0. The number of urea groups is 1. The Morgan fingerprint density at radius 1 is 0.897 bits per heavy atom. The van der Waals surface area contributed by atoms with E-state index in [0.717, 1.165) is 11.1 Å². The van der Waals surface area contributed by atoms with Gasteiger partial charge in [-0.25, -0.2) is 4.79 Å². The van der Waals surface area contributed by atoms with Crippen LogP contribution < -0.4 is 21.3 Å². The molecule has 15 nitrogen and oxygen atoms in total. The predicted octanol–water partition coefficient (Wildman–Crippen LogP) is 2.70. The summed E-state index contributed by atoms with van der Waals surface area (Å²) in [5.74, 6) is -2.39. The normalized spacial score (nSPS) is 24.8. The monoisotopic (exact) mass is 819 g/mol. The molecule has 4 fully saturated rings. The Hall–Kier alpha value is -5.02. The second kappa shape index (κ2) is 17.9. The van der Waals surface area contributed by atoms with E-state index in [4.69, 9.17) is 11.6 Å². The maximum Gasteiger partial charge on any atom is 0.319 e. The zero-order valence-electron chi connectivity index (χ0n) is 33.5. The summed E-state index contributed by atoms with van der Waals surface area (Å²) in [5.41, 5.74) is 1.38. The number of aliphatic hydroxyl groups excluding tert-OH is 1. The van der Waals surface area contributed by atoms with Gasteiger partial charge in [0.1, 0.15) is 35.7 Å². The fourth-order valence-electron chi connectivity index (χ4n) is 8.71. The molecule has 8 atom stereocenters. The molecule has 5 N–H and O–H groups in total. The van der Waals surface area contributed by atoms with Gasteiger partial charge in [-0.1, -0.05) is 48.4 Å². The highest BCUT2D eigenvalue weighted by molar-refractivity contribution is 6.30. The molecular formula is C42H54ClN7O8. The van der Waals surface area contributed by atoms with E-state index >= 15 is 0 Å². The standard InChI is InChI=1S/C42H54ClN7O8/c1-24-9-7-10-28(19-24)20-31(46-41(58)45-30-15-13-29(43)14-16-30)36(53)47-35(27(4)51)40(57)49-18-8-12-33(49)39(56)48-17-6-5-11-32(48)37(54)44-26(3)38(55)50-23-25(2)21-42(50)22-34(42)52/h7,9-10,13-16,19,25-27,31-33,35,51H,5-6,8,11-12,17-18,20-23H2,1-4H3,(H,44,54)(H,47,53)(H2,45,46,58)/t25-,26+,27+,31+,32+,33+,35+,42-/m1/s1. The van der Waals surface area contributed by atoms with E-state index in [2.05, 4.69) is 21.3 Å². The van der Waals surface area contributed by atoms with Gasteiger partial charge in [-0.3, -0.25) is 28.8 Å². The first-order valence-electron chi connectivity index (χ1n) is 20.2. The highest BCUT2D eigenvalue weighted by Gasteiger charge is 2.63. The van der Waals surface area contributed by atoms with Crippen LogP contribution in [0.4, 0.5) is 10.5 Å². The Balaban J connectivity index is 1.13. The first-order chi connectivity index (χ1) is 27.6. The summed E-state index contributed by atoms with van der Waals surface area (Å²) in [7, 11) is 0. The first kappa shape index (κ1) is 42.6. The molecule has 16 heteroatoms. The van der Waals surface area contributed by atoms with E-state index < -0.39 is 71.5 Å². The van der Waals surface area contributed by atoms with Gasteiger partial charge in [-0.2, -0.15) is 0 Å². The second-order valence-electron chi connectivity index (χ2n) is 16.4. The zero-order chi connectivity index (χ0) is 41.9. The summed E-state index contributed by atoms with van der Waals surface area (Å²) in [6, 6.07) is 7.84. The summed E-state index contributed by atoms with van der Waals surface area (Å²) in [4.78, 5) is 99.6. The van der Waals surface area contributed by atoms with E-state index in [-0.39, 0.29) is 37.1 Å². The Morgan fingerprint density at radius 3 is 2.26 bits per heavy atom. The fourth-order valence-corrected chi connectivity index (χ4v) is 8.83. The van der Waals surface area contributed by atoms with Crippen molar-refractivity contribution in [1.29, 1.82) is 0 Å². The van der Waals surface area contributed by atoms with Crippen molar-refractivity contribution in [2.75, 3.05) is 25.0 Å². The number of amides is 7. The van der Waals surface area contributed by atoms with Gasteiger partial charge in [-0.05, 0) is 95.0 Å². The molecule has 2 aromatic carbocycles. The van der Waals surface area contributed by atoms with Crippen LogP contribution in [0.25, 0.3) is 0 Å². The molecule has 0 aromatic heterocycles. The van der Waals surface area contributed by atoms with Gasteiger partial charge in [0.05, 0.1) is 6.10 Å². The number of anilines is 1. The van der Waals surface area contributed by atoms with Crippen molar-refractivity contribution in [3.8, 4) is 0 Å². The Bertz CT molecular complexity index is 1930. The maximum atomic E-state index is 14.3. The number of halogens is 1. The first-order valence-corrected chi connectivity index (χ1v) is 20.6. The zero-order valence-corrected chi connectivity index (χ0v) is 34.2. The van der Waals surface area contributed by atoms with Crippen LogP contribution in [0, 0.1) is 12.8 Å². The average molecular weight is 820 g/mol. The number of rotatable bonds is 12. The van der Waals surface area contributed by atoms with E-state index in [9.17, 15) is 38.7 Å². The summed E-state index contributed by atoms with van der Waals surface area (Å²) < 4.78 is 0. The fraction of sp³-hybridized carbons (Fsp3) is 0.548. The molecule has 7 amide bonds. The molecule has 0 bridgehead atoms. The molecule has 3 heterocycles. The lowest BCUT2D eigenvalue weighted by molar-refractivity contribution is -0.152. The molecule has 312 valence electrons. The van der Waals surface area contributed by atoms with Gasteiger partial charge >= 0.3 is 6.03 Å². The number of hydrogen-bond donors (Lipinski definition) is 5. The molecule has 2 aromatic rings. The molecule has 1 saturated carbocycles. The molecule has 58 heavy (non-hydrogen) atoms. The minimum atomic E-state index is -1.45. The SMILES string of the molecule is Cc1cccc(C[C@H](NC(=O)Nc2ccc(Cl)cc2)C(=O)N[C@H](C(=O)N2CCC[C@H]2C(=O)N2CCCC[C@H]2C(=O)N[C@@H](C)C(=O)N2C[C@H](C)C[C@]23CC3=O)[C@H](C)O)c1. The Morgan fingerprint density at radius 2 is 1.59 bits per heavy atom. The van der Waals surface area contributed by atoms with Crippen LogP contribution in [0.3, 0.4) is 0 Å². The molecule has 3 saturated heterocycles. The number of carbonyl (C=O) groups is 7. The maximum absolute atomic E-state index is 14.3. The number of piperidine rings is 1. The van der Waals surface area contributed by atoms with Crippen molar-refractivity contribution in [2.24, 2.45) is 5.92 Å². The van der Waals surface area contributed by atoms with Gasteiger partial charge in [0.2, 0.25) is 29.5 Å². The van der Waals surface area contributed by atoms with Gasteiger partial charge < -0.3 is 41.1 Å². The summed E-state index contributed by atoms with van der Waals surface area (Å²) >= 11 is 5.98. The second-order valence-corrected chi connectivity index (χ2v) is 16.9. The molecule has 3 aliphatic heterocycles. The summed E-state index contributed by atoms with van der Waals surface area (Å²) in [5, 5.41) is 22.2. The van der Waals surface area contributed by atoms with Gasteiger partial charge in [0.25, 0.3) is 0 Å². The number of nitrogens with one attached hydrogen (secondary N) is 4. The largest absolute Gasteiger partial charge is 0.391 e. The van der Waals surface area contributed by atoms with Crippen LogP contribution in [0.15, 0.2) is 48.5 Å². The van der Waals surface area contributed by atoms with Crippen molar-refractivity contribution in [3.63, 3.8) is 0 Å². The molecule has 4 aliphatic rings. The van der Waals surface area contributed by atoms with Gasteiger partial charge in [0, 0.05) is 43.2 Å². The summed E-state index contributed by atoms with van der Waals surface area (Å²) in [6.07, 6.45) is 2.16. The van der Waals surface area contributed by atoms with Crippen LogP contribution in [0.2, 0.25) is 5.02 Å². The van der Waals surface area contributed by atoms with Crippen molar-refractivity contribution >= 4 is 58.6 Å². The molecule has 0 unspecified atom stereocenters. The van der Waals surface area contributed by atoms with Crippen LogP contribution in [0.5, 0.6) is 0 Å². The van der Waals surface area contributed by atoms with Gasteiger partial charge in [0.15, 0.2) is 5.78 Å². The topological polar surface area (TPSA) is 198 Å². The van der Waals surface area contributed by atoms with Crippen LogP contribution >= 0.6 is 11.6 Å². The van der Waals surface area contributed by atoms with Crippen molar-refractivity contribution in [1.82, 2.24) is 30.7 Å². The number of aliphatic hydroxyl groups is 1. The number of Topliss-reactive ketones (excluding diaryl/α,β-unsaturated/α-hetero) is 1. The third-order valence-electron chi connectivity index (χ3n) is 11.7. The van der Waals surface area contributed by atoms with Crippen molar-refractivity contribution in [2.45, 2.75) is 121 Å². The lowest BCUT2D eigenvalue weighted by Gasteiger charge is -2.39. The number of benzene rings is 2. The number of likely N-dealkylation sites (tertiary alicyclic amines) is 3. The number of hydrogen-bond acceptors (Lipinski definition) is 8. The minimum absolute atomic E-state index is 0.0391. The lowest BCUT2D eigenvalue weighted by atomic mass is 9.99. The number of aryl methyl sites for hydroxylation is 1. The molecule has 0 radical (unpaired) electrons. The lowest BCUT2D eigenvalue weighted by Crippen LogP contribution is -2.62. The number of carbonyl (C=O) groups excluding carboxylic acids is 7. The van der Waals surface area contributed by atoms with Crippen LogP contribution in [-0.2, 0) is 35.2 Å². The van der Waals surface area contributed by atoms with Crippen LogP contribution in [0.1, 0.15) is 76.8 Å². The highest BCUT2D eigenvalue weighted by atomic mass is 35.5. The summed E-state index contributed by atoms with van der Waals surface area (Å²) in [6.45, 7) is 7.76. The molecule has 6 rings (SSSR count). The minimum Gasteiger partial charge on any atom is -0.391 e. The Kier molecular flexibility index (Phi) is 13.1. The number of nitrogens with zero attached hydrogens (tertiary/aromatic N) is 3. The Labute approximate surface area is 343 Å². The van der Waals surface area contributed by atoms with Gasteiger partial charge in [-0.15, -0.1) is 0 Å². The smallest absolute Gasteiger partial charge is 0.319 e. The van der Waals surface area contributed by atoms with E-state index in [0.29, 0.717) is 62.2 Å². The van der Waals surface area contributed by atoms with E-state index in [1.807, 2.05) is 38.1 Å². The highest BCUT2D eigenvalue weighted by Crippen LogP contribution is 2.48. The molecular weight excluding hydrogens is 766 g/mol.